The predicted octanol–water partition coefficient (Wildman–Crippen LogP) is 3.19. The summed E-state index contributed by atoms with van der Waals surface area (Å²) in [5.74, 6) is 1.20. The Hall–Kier alpha value is -0.510. The fourth-order valence-electron chi connectivity index (χ4n) is 2.50. The van der Waals surface area contributed by atoms with E-state index in [4.69, 9.17) is 0 Å². The highest BCUT2D eigenvalue weighted by Crippen LogP contribution is 2.17. The van der Waals surface area contributed by atoms with Crippen LogP contribution in [0.4, 0.5) is 0 Å². The number of hydrogen-bond donors (Lipinski definition) is 0. The molecule has 0 spiro atoms. The van der Waals surface area contributed by atoms with Crippen LogP contribution in [0.3, 0.4) is 0 Å². The molecule has 0 bridgehead atoms. The van der Waals surface area contributed by atoms with Crippen molar-refractivity contribution in [2.24, 2.45) is 0 Å². The number of piperazine rings is 1. The van der Waals surface area contributed by atoms with Gasteiger partial charge in [0.1, 0.15) is 0 Å². The van der Waals surface area contributed by atoms with E-state index in [9.17, 15) is 0 Å². The van der Waals surface area contributed by atoms with Crippen LogP contribution in [-0.2, 0) is 0 Å². The van der Waals surface area contributed by atoms with E-state index in [0.29, 0.717) is 0 Å². The molecule has 1 aliphatic heterocycles. The van der Waals surface area contributed by atoms with E-state index in [2.05, 4.69) is 54.0 Å². The van der Waals surface area contributed by atoms with Crippen LogP contribution >= 0.6 is 11.8 Å². The fraction of sp³-hybridized carbons (Fsp3) is 0.625. The van der Waals surface area contributed by atoms with Gasteiger partial charge in [-0.3, -0.25) is 9.80 Å². The normalized spacial score (nSPS) is 19.5. The second kappa shape index (κ2) is 7.93. The number of nitrogens with zero attached hydrogens (tertiary/aromatic N) is 2. The molecule has 2 rings (SSSR count). The zero-order valence-electron chi connectivity index (χ0n) is 12.2. The molecule has 1 aromatic carbocycles. The molecule has 1 fully saturated rings. The van der Waals surface area contributed by atoms with Gasteiger partial charge in [-0.15, -0.1) is 11.8 Å². The first-order valence-corrected chi connectivity index (χ1v) is 8.42. The van der Waals surface area contributed by atoms with Crippen LogP contribution in [0.2, 0.25) is 0 Å². The maximum absolute atomic E-state index is 2.63. The lowest BCUT2D eigenvalue weighted by atomic mass is 10.2. The van der Waals surface area contributed by atoms with Crippen LogP contribution < -0.4 is 0 Å². The zero-order valence-corrected chi connectivity index (χ0v) is 13.0. The van der Waals surface area contributed by atoms with Gasteiger partial charge in [-0.05, 0) is 25.5 Å². The number of thioether (sulfide) groups is 1. The summed E-state index contributed by atoms with van der Waals surface area (Å²) in [7, 11) is 0. The first kappa shape index (κ1) is 14.9. The molecule has 19 heavy (non-hydrogen) atoms. The van der Waals surface area contributed by atoms with Crippen molar-refractivity contribution in [2.45, 2.75) is 31.2 Å². The average molecular weight is 278 g/mol. The molecule has 3 heteroatoms. The third kappa shape index (κ3) is 4.83. The second-order valence-electron chi connectivity index (χ2n) is 5.30. The summed E-state index contributed by atoms with van der Waals surface area (Å²) in [5, 5.41) is 0. The molecule has 0 saturated carbocycles. The van der Waals surface area contributed by atoms with Crippen molar-refractivity contribution < 1.29 is 0 Å². The lowest BCUT2D eigenvalue weighted by Gasteiger charge is -2.37. The molecular formula is C16H26N2S. The molecule has 0 radical (unpaired) electrons. The lowest BCUT2D eigenvalue weighted by molar-refractivity contribution is 0.105. The van der Waals surface area contributed by atoms with E-state index in [1.165, 1.54) is 49.8 Å². The van der Waals surface area contributed by atoms with E-state index in [1.54, 1.807) is 0 Å². The van der Waals surface area contributed by atoms with Crippen LogP contribution in [0.5, 0.6) is 0 Å². The van der Waals surface area contributed by atoms with E-state index < -0.39 is 0 Å². The van der Waals surface area contributed by atoms with Gasteiger partial charge in [0.15, 0.2) is 0 Å². The minimum Gasteiger partial charge on any atom is -0.300 e. The van der Waals surface area contributed by atoms with E-state index in [-0.39, 0.29) is 0 Å². The topological polar surface area (TPSA) is 6.48 Å². The Morgan fingerprint density at radius 3 is 2.42 bits per heavy atom. The molecule has 1 heterocycles. The van der Waals surface area contributed by atoms with Crippen LogP contribution in [0.15, 0.2) is 35.2 Å². The summed E-state index contributed by atoms with van der Waals surface area (Å²) in [6, 6.07) is 11.5. The van der Waals surface area contributed by atoms with E-state index >= 15 is 0 Å². The highest BCUT2D eigenvalue weighted by molar-refractivity contribution is 7.99. The summed E-state index contributed by atoms with van der Waals surface area (Å²) in [5.41, 5.74) is 0. The second-order valence-corrected chi connectivity index (χ2v) is 6.46. The maximum atomic E-state index is 2.63. The van der Waals surface area contributed by atoms with Gasteiger partial charge in [-0.2, -0.15) is 0 Å². The van der Waals surface area contributed by atoms with Crippen LogP contribution in [0, 0.1) is 0 Å². The largest absolute Gasteiger partial charge is 0.300 e. The molecule has 1 aliphatic rings. The zero-order chi connectivity index (χ0) is 13.5. The van der Waals surface area contributed by atoms with Gasteiger partial charge >= 0.3 is 0 Å². The van der Waals surface area contributed by atoms with Gasteiger partial charge in [-0.1, -0.05) is 25.1 Å². The van der Waals surface area contributed by atoms with E-state index in [0.717, 1.165) is 6.04 Å². The van der Waals surface area contributed by atoms with Gasteiger partial charge in [0, 0.05) is 49.4 Å². The first-order chi connectivity index (χ1) is 9.29. The van der Waals surface area contributed by atoms with Crippen molar-refractivity contribution in [3.63, 3.8) is 0 Å². The van der Waals surface area contributed by atoms with Crippen molar-refractivity contribution >= 4 is 11.8 Å². The minimum absolute atomic E-state index is 0.751. The van der Waals surface area contributed by atoms with Crippen LogP contribution in [0.25, 0.3) is 0 Å². The van der Waals surface area contributed by atoms with Gasteiger partial charge in [0.2, 0.25) is 0 Å². The Bertz CT molecular complexity index is 347. The van der Waals surface area contributed by atoms with Crippen LogP contribution in [-0.4, -0.2) is 54.3 Å². The highest BCUT2D eigenvalue weighted by atomic mass is 32.2. The molecule has 1 aromatic rings. The van der Waals surface area contributed by atoms with Crippen molar-refractivity contribution in [3.05, 3.63) is 30.3 Å². The maximum Gasteiger partial charge on any atom is 0.0113 e. The molecule has 106 valence electrons. The third-order valence-electron chi connectivity index (χ3n) is 4.04. The van der Waals surface area contributed by atoms with Crippen molar-refractivity contribution in [3.8, 4) is 0 Å². The lowest BCUT2D eigenvalue weighted by Crippen LogP contribution is -2.49. The Kier molecular flexibility index (Phi) is 6.21. The molecule has 1 saturated heterocycles. The molecule has 0 amide bonds. The third-order valence-corrected chi connectivity index (χ3v) is 5.03. The Balaban J connectivity index is 1.63. The standard InChI is InChI=1S/C16H26N2S/c1-3-15(2)18-11-9-17(10-12-18)13-14-19-16-7-5-4-6-8-16/h4-8,15H,3,9-14H2,1-2H3. The van der Waals surface area contributed by atoms with Crippen molar-refractivity contribution in [2.75, 3.05) is 38.5 Å². The Morgan fingerprint density at radius 2 is 1.79 bits per heavy atom. The minimum atomic E-state index is 0.751. The molecule has 1 unspecified atom stereocenters. The Labute approximate surface area is 122 Å². The SMILES string of the molecule is CCC(C)N1CCN(CCSc2ccccc2)CC1. The smallest absolute Gasteiger partial charge is 0.0113 e. The van der Waals surface area contributed by atoms with Gasteiger partial charge in [-0.25, -0.2) is 0 Å². The van der Waals surface area contributed by atoms with Crippen LogP contribution in [0.1, 0.15) is 20.3 Å². The van der Waals surface area contributed by atoms with Crippen molar-refractivity contribution in [1.29, 1.82) is 0 Å². The van der Waals surface area contributed by atoms with Gasteiger partial charge in [0.05, 0.1) is 0 Å². The molecule has 0 aliphatic carbocycles. The summed E-state index contributed by atoms with van der Waals surface area (Å²) in [6.07, 6.45) is 1.27. The summed E-state index contributed by atoms with van der Waals surface area (Å²) in [4.78, 5) is 6.62. The quantitative estimate of drug-likeness (QED) is 0.738. The molecule has 2 nitrogen and oxygen atoms in total. The molecule has 0 aromatic heterocycles. The monoisotopic (exact) mass is 278 g/mol. The fourth-order valence-corrected chi connectivity index (χ4v) is 3.43. The summed E-state index contributed by atoms with van der Waals surface area (Å²) in [6.45, 7) is 10.8. The number of rotatable bonds is 6. The van der Waals surface area contributed by atoms with Gasteiger partial charge < -0.3 is 0 Å². The predicted molar refractivity (Wildman–Crippen MR) is 84.9 cm³/mol. The first-order valence-electron chi connectivity index (χ1n) is 7.44. The van der Waals surface area contributed by atoms with Crippen molar-refractivity contribution in [1.82, 2.24) is 9.80 Å². The summed E-state index contributed by atoms with van der Waals surface area (Å²) >= 11 is 1.97. The number of benzene rings is 1. The number of hydrogen-bond acceptors (Lipinski definition) is 3. The Morgan fingerprint density at radius 1 is 1.11 bits per heavy atom. The van der Waals surface area contributed by atoms with Gasteiger partial charge in [0.25, 0.3) is 0 Å². The molecular weight excluding hydrogens is 252 g/mol. The highest BCUT2D eigenvalue weighted by Gasteiger charge is 2.19. The average Bonchev–Trinajstić information content (AvgIpc) is 2.48. The summed E-state index contributed by atoms with van der Waals surface area (Å²) < 4.78 is 0. The van der Waals surface area contributed by atoms with E-state index in [1.807, 2.05) is 11.8 Å². The molecule has 1 atom stereocenters. The molecule has 0 N–H and O–H groups in total.